The fourth-order valence-electron chi connectivity index (χ4n) is 2.23. The monoisotopic (exact) mass is 449 g/mol. The molecular weight excluding hydrogens is 437 g/mol. The van der Waals surface area contributed by atoms with E-state index in [-0.39, 0.29) is 6.04 Å². The van der Waals surface area contributed by atoms with Crippen molar-refractivity contribution in [3.63, 3.8) is 0 Å². The van der Waals surface area contributed by atoms with Crippen LogP contribution >= 0.6 is 55.1 Å². The summed E-state index contributed by atoms with van der Waals surface area (Å²) in [5.41, 5.74) is 2.38. The van der Waals surface area contributed by atoms with Crippen molar-refractivity contribution in [2.45, 2.75) is 19.4 Å². The first-order chi connectivity index (χ1) is 9.99. The standard InChI is InChI=1S/C16H15Br2Cl2N/c1-2-21-16(11-7-12(17)9-13(18)8-11)6-10-3-4-14(19)15(20)5-10/h3-5,7-9,16,21H,2,6H2,1H3. The molecule has 0 fully saturated rings. The van der Waals surface area contributed by atoms with E-state index >= 15 is 0 Å². The molecule has 0 aliphatic rings. The molecule has 2 aromatic rings. The van der Waals surface area contributed by atoms with Crippen molar-refractivity contribution in [2.24, 2.45) is 0 Å². The SMILES string of the molecule is CCNC(Cc1ccc(Cl)c(Cl)c1)c1cc(Br)cc(Br)c1. The lowest BCUT2D eigenvalue weighted by Gasteiger charge is -2.19. The molecule has 1 N–H and O–H groups in total. The minimum absolute atomic E-state index is 0.223. The fraction of sp³-hybridized carbons (Fsp3) is 0.250. The molecule has 0 heterocycles. The Morgan fingerprint density at radius 3 is 2.24 bits per heavy atom. The van der Waals surface area contributed by atoms with E-state index in [1.807, 2.05) is 24.3 Å². The molecule has 0 radical (unpaired) electrons. The topological polar surface area (TPSA) is 12.0 Å². The quantitative estimate of drug-likeness (QED) is 0.553. The van der Waals surface area contributed by atoms with Gasteiger partial charge in [0.25, 0.3) is 0 Å². The van der Waals surface area contributed by atoms with Crippen LogP contribution in [-0.2, 0) is 6.42 Å². The molecule has 0 aliphatic heterocycles. The maximum absolute atomic E-state index is 6.10. The highest BCUT2D eigenvalue weighted by atomic mass is 79.9. The molecule has 0 bridgehead atoms. The third-order valence-electron chi connectivity index (χ3n) is 3.16. The van der Waals surface area contributed by atoms with Gasteiger partial charge in [0, 0.05) is 15.0 Å². The van der Waals surface area contributed by atoms with Gasteiger partial charge in [-0.25, -0.2) is 0 Å². The van der Waals surface area contributed by atoms with Gasteiger partial charge in [-0.15, -0.1) is 0 Å². The van der Waals surface area contributed by atoms with E-state index in [2.05, 4.69) is 56.2 Å². The Hall–Kier alpha value is -0.0600. The van der Waals surface area contributed by atoms with Gasteiger partial charge < -0.3 is 5.32 Å². The third-order valence-corrected chi connectivity index (χ3v) is 4.82. The van der Waals surface area contributed by atoms with Gasteiger partial charge in [-0.05, 0) is 54.4 Å². The largest absolute Gasteiger partial charge is 0.310 e. The molecule has 0 aromatic heterocycles. The Balaban J connectivity index is 2.27. The van der Waals surface area contributed by atoms with Crippen LogP contribution in [0.1, 0.15) is 24.1 Å². The van der Waals surface area contributed by atoms with Gasteiger partial charge in [0.1, 0.15) is 0 Å². The van der Waals surface area contributed by atoms with Gasteiger partial charge in [0.05, 0.1) is 10.0 Å². The van der Waals surface area contributed by atoms with Gasteiger partial charge in [0.15, 0.2) is 0 Å². The molecule has 0 spiro atoms. The van der Waals surface area contributed by atoms with Crippen molar-refractivity contribution in [1.82, 2.24) is 5.32 Å². The maximum atomic E-state index is 6.10. The highest BCUT2D eigenvalue weighted by Crippen LogP contribution is 2.28. The van der Waals surface area contributed by atoms with Crippen molar-refractivity contribution < 1.29 is 0 Å². The molecule has 2 rings (SSSR count). The van der Waals surface area contributed by atoms with E-state index in [1.165, 1.54) is 5.56 Å². The van der Waals surface area contributed by atoms with Crippen LogP contribution in [0, 0.1) is 0 Å². The summed E-state index contributed by atoms with van der Waals surface area (Å²) in [7, 11) is 0. The van der Waals surface area contributed by atoms with Crippen LogP contribution in [0.2, 0.25) is 10.0 Å². The zero-order valence-electron chi connectivity index (χ0n) is 11.5. The highest BCUT2D eigenvalue weighted by molar-refractivity contribution is 9.11. The Morgan fingerprint density at radius 1 is 1.00 bits per heavy atom. The Morgan fingerprint density at radius 2 is 1.67 bits per heavy atom. The maximum Gasteiger partial charge on any atom is 0.0595 e. The average Bonchev–Trinajstić information content (AvgIpc) is 2.41. The lowest BCUT2D eigenvalue weighted by Crippen LogP contribution is -2.23. The van der Waals surface area contributed by atoms with Gasteiger partial charge >= 0.3 is 0 Å². The van der Waals surface area contributed by atoms with Crippen LogP contribution in [0.3, 0.4) is 0 Å². The number of nitrogens with one attached hydrogen (secondary N) is 1. The summed E-state index contributed by atoms with van der Waals surface area (Å²) in [6, 6.07) is 12.3. The molecule has 5 heteroatoms. The van der Waals surface area contributed by atoms with Gasteiger partial charge in [-0.2, -0.15) is 0 Å². The van der Waals surface area contributed by atoms with Crippen molar-refractivity contribution in [3.05, 3.63) is 66.5 Å². The zero-order chi connectivity index (χ0) is 15.4. The summed E-state index contributed by atoms with van der Waals surface area (Å²) in [5, 5.41) is 4.70. The smallest absolute Gasteiger partial charge is 0.0595 e. The van der Waals surface area contributed by atoms with E-state index in [0.29, 0.717) is 10.0 Å². The summed E-state index contributed by atoms with van der Waals surface area (Å²) in [5.74, 6) is 0. The number of halogens is 4. The van der Waals surface area contributed by atoms with Gasteiger partial charge in [-0.3, -0.25) is 0 Å². The summed E-state index contributed by atoms with van der Waals surface area (Å²) in [6.45, 7) is 3.00. The van der Waals surface area contributed by atoms with Crippen LogP contribution < -0.4 is 5.32 Å². The normalized spacial score (nSPS) is 12.4. The first-order valence-electron chi connectivity index (χ1n) is 6.63. The highest BCUT2D eigenvalue weighted by Gasteiger charge is 2.13. The second-order valence-corrected chi connectivity index (χ2v) is 7.41. The first-order valence-corrected chi connectivity index (χ1v) is 8.97. The first kappa shape index (κ1) is 17.3. The molecule has 1 atom stereocenters. The van der Waals surface area contributed by atoms with Crippen molar-refractivity contribution in [3.8, 4) is 0 Å². The van der Waals surface area contributed by atoms with Crippen LogP contribution in [0.5, 0.6) is 0 Å². The predicted octanol–water partition coefficient (Wildman–Crippen LogP) is 6.41. The molecule has 0 amide bonds. The van der Waals surface area contributed by atoms with Crippen molar-refractivity contribution >= 4 is 55.1 Å². The molecule has 1 nitrogen and oxygen atoms in total. The number of benzene rings is 2. The van der Waals surface area contributed by atoms with Crippen LogP contribution in [0.15, 0.2) is 45.3 Å². The fourth-order valence-corrected chi connectivity index (χ4v) is 3.88. The van der Waals surface area contributed by atoms with E-state index < -0.39 is 0 Å². The van der Waals surface area contributed by atoms with Crippen molar-refractivity contribution in [2.75, 3.05) is 6.54 Å². The van der Waals surface area contributed by atoms with Crippen molar-refractivity contribution in [1.29, 1.82) is 0 Å². The van der Waals surface area contributed by atoms with Crippen LogP contribution in [0.4, 0.5) is 0 Å². The Labute approximate surface area is 152 Å². The molecule has 2 aromatic carbocycles. The predicted molar refractivity (Wildman–Crippen MR) is 98.4 cm³/mol. The summed E-state index contributed by atoms with van der Waals surface area (Å²) < 4.78 is 2.12. The zero-order valence-corrected chi connectivity index (χ0v) is 16.2. The lowest BCUT2D eigenvalue weighted by molar-refractivity contribution is 0.549. The molecule has 112 valence electrons. The van der Waals surface area contributed by atoms with E-state index in [0.717, 1.165) is 27.5 Å². The number of likely N-dealkylation sites (N-methyl/N-ethyl adjacent to an activating group) is 1. The molecule has 21 heavy (non-hydrogen) atoms. The third kappa shape index (κ3) is 4.97. The van der Waals surface area contributed by atoms with Gasteiger partial charge in [-0.1, -0.05) is 68.1 Å². The molecule has 0 saturated heterocycles. The van der Waals surface area contributed by atoms with E-state index in [4.69, 9.17) is 23.2 Å². The van der Waals surface area contributed by atoms with Crippen LogP contribution in [-0.4, -0.2) is 6.54 Å². The summed E-state index contributed by atoms with van der Waals surface area (Å²) in [6.07, 6.45) is 0.855. The molecule has 0 saturated carbocycles. The average molecular weight is 452 g/mol. The lowest BCUT2D eigenvalue weighted by atomic mass is 9.99. The van der Waals surface area contributed by atoms with Gasteiger partial charge in [0.2, 0.25) is 0 Å². The molecular formula is C16H15Br2Cl2N. The van der Waals surface area contributed by atoms with E-state index in [1.54, 1.807) is 0 Å². The molecule has 0 aliphatic carbocycles. The minimum Gasteiger partial charge on any atom is -0.310 e. The second-order valence-electron chi connectivity index (χ2n) is 4.77. The number of hydrogen-bond donors (Lipinski definition) is 1. The van der Waals surface area contributed by atoms with Crippen LogP contribution in [0.25, 0.3) is 0 Å². The molecule has 1 unspecified atom stereocenters. The number of rotatable bonds is 5. The Kier molecular flexibility index (Phi) is 6.57. The minimum atomic E-state index is 0.223. The Bertz CT molecular complexity index is 611. The summed E-state index contributed by atoms with van der Waals surface area (Å²) >= 11 is 19.2. The second kappa shape index (κ2) is 7.98. The summed E-state index contributed by atoms with van der Waals surface area (Å²) in [4.78, 5) is 0. The van der Waals surface area contributed by atoms with E-state index in [9.17, 15) is 0 Å². The number of hydrogen-bond acceptors (Lipinski definition) is 1.